The van der Waals surface area contributed by atoms with E-state index in [9.17, 15) is 4.79 Å². The number of hydrogen-bond donors (Lipinski definition) is 1. The fourth-order valence-corrected chi connectivity index (χ4v) is 6.20. The minimum atomic E-state index is -0.0685. The minimum Gasteiger partial charge on any atom is -0.494 e. The first-order chi connectivity index (χ1) is 19.4. The predicted molar refractivity (Wildman–Crippen MR) is 160 cm³/mol. The Balaban J connectivity index is 1.34. The summed E-state index contributed by atoms with van der Waals surface area (Å²) < 4.78 is 7.90. The number of benzene rings is 1. The molecule has 5 rings (SSSR count). The second-order valence-corrected chi connectivity index (χ2v) is 11.5. The van der Waals surface area contributed by atoms with Gasteiger partial charge in [0, 0.05) is 69.5 Å². The lowest BCUT2D eigenvalue weighted by Crippen LogP contribution is -2.38. The van der Waals surface area contributed by atoms with E-state index in [2.05, 4.69) is 59.0 Å². The molecule has 0 spiro atoms. The average Bonchev–Trinajstić information content (AvgIpc) is 3.59. The largest absolute Gasteiger partial charge is 0.494 e. The number of ether oxygens (including phenoxy) is 1. The SMILES string of the molecule is COc1c(C)cc2cccnc2c1N1CCCN([C@@H](CC(=O)NCCN2CCCC2)c2ccn(C(C)C)n2)CC1. The Hall–Kier alpha value is -3.17. The van der Waals surface area contributed by atoms with Crippen molar-refractivity contribution in [3.8, 4) is 5.75 Å². The molecule has 9 heteroatoms. The van der Waals surface area contributed by atoms with Crippen molar-refractivity contribution in [3.63, 3.8) is 0 Å². The predicted octanol–water partition coefficient (Wildman–Crippen LogP) is 4.18. The molecule has 0 bridgehead atoms. The van der Waals surface area contributed by atoms with Gasteiger partial charge in [-0.15, -0.1) is 0 Å². The Labute approximate surface area is 238 Å². The van der Waals surface area contributed by atoms with Crippen LogP contribution in [-0.2, 0) is 4.79 Å². The van der Waals surface area contributed by atoms with Gasteiger partial charge in [-0.2, -0.15) is 5.10 Å². The summed E-state index contributed by atoms with van der Waals surface area (Å²) in [5.41, 5.74) is 4.13. The van der Waals surface area contributed by atoms with Crippen LogP contribution >= 0.6 is 0 Å². The van der Waals surface area contributed by atoms with Gasteiger partial charge < -0.3 is 19.9 Å². The van der Waals surface area contributed by atoms with Gasteiger partial charge >= 0.3 is 0 Å². The lowest BCUT2D eigenvalue weighted by molar-refractivity contribution is -0.122. The first-order valence-electron chi connectivity index (χ1n) is 14.9. The number of pyridine rings is 1. The summed E-state index contributed by atoms with van der Waals surface area (Å²) in [4.78, 5) is 25.2. The van der Waals surface area contributed by atoms with Crippen LogP contribution in [0.15, 0.2) is 36.7 Å². The number of aryl methyl sites for hydroxylation is 1. The van der Waals surface area contributed by atoms with E-state index in [-0.39, 0.29) is 18.0 Å². The quantitative estimate of drug-likeness (QED) is 0.408. The van der Waals surface area contributed by atoms with E-state index < -0.39 is 0 Å². The average molecular weight is 548 g/mol. The second kappa shape index (κ2) is 13.0. The molecule has 2 aromatic heterocycles. The third-order valence-corrected chi connectivity index (χ3v) is 8.33. The molecule has 2 aliphatic rings. The van der Waals surface area contributed by atoms with E-state index in [1.165, 1.54) is 12.8 Å². The number of rotatable bonds is 10. The molecule has 1 aromatic carbocycles. The Bertz CT molecular complexity index is 1280. The molecular weight excluding hydrogens is 502 g/mol. The maximum atomic E-state index is 13.2. The molecule has 9 nitrogen and oxygen atoms in total. The third-order valence-electron chi connectivity index (χ3n) is 8.33. The van der Waals surface area contributed by atoms with Crippen LogP contribution in [-0.4, -0.2) is 89.9 Å². The van der Waals surface area contributed by atoms with Crippen LogP contribution in [0.25, 0.3) is 10.9 Å². The fraction of sp³-hybridized carbons (Fsp3) is 0.581. The van der Waals surface area contributed by atoms with Gasteiger partial charge in [0.25, 0.3) is 0 Å². The van der Waals surface area contributed by atoms with Crippen LogP contribution in [0.4, 0.5) is 5.69 Å². The van der Waals surface area contributed by atoms with Crippen molar-refractivity contribution >= 4 is 22.5 Å². The van der Waals surface area contributed by atoms with Gasteiger partial charge in [-0.25, -0.2) is 0 Å². The summed E-state index contributed by atoms with van der Waals surface area (Å²) in [6.45, 7) is 13.7. The zero-order valence-corrected chi connectivity index (χ0v) is 24.6. The Morgan fingerprint density at radius 2 is 1.90 bits per heavy atom. The fourth-order valence-electron chi connectivity index (χ4n) is 6.20. The molecule has 4 heterocycles. The van der Waals surface area contributed by atoms with E-state index in [0.717, 1.165) is 85.8 Å². The highest BCUT2D eigenvalue weighted by Crippen LogP contribution is 2.39. The van der Waals surface area contributed by atoms with Crippen molar-refractivity contribution in [2.24, 2.45) is 0 Å². The topological polar surface area (TPSA) is 78.8 Å². The van der Waals surface area contributed by atoms with Crippen LogP contribution in [0.5, 0.6) is 5.75 Å². The monoisotopic (exact) mass is 547 g/mol. The Morgan fingerprint density at radius 3 is 2.65 bits per heavy atom. The number of fused-ring (bicyclic) bond motifs is 1. The van der Waals surface area contributed by atoms with Crippen molar-refractivity contribution in [2.75, 3.05) is 64.4 Å². The summed E-state index contributed by atoms with van der Waals surface area (Å²) in [5, 5.41) is 9.23. The molecule has 1 amide bonds. The van der Waals surface area contributed by atoms with Crippen molar-refractivity contribution in [1.82, 2.24) is 29.9 Å². The van der Waals surface area contributed by atoms with Gasteiger partial charge in [-0.3, -0.25) is 19.4 Å². The minimum absolute atomic E-state index is 0.0685. The number of carbonyl (C=O) groups excluding carboxylic acids is 1. The molecule has 0 aliphatic carbocycles. The van der Waals surface area contributed by atoms with Crippen molar-refractivity contribution in [1.29, 1.82) is 0 Å². The smallest absolute Gasteiger partial charge is 0.222 e. The molecule has 40 heavy (non-hydrogen) atoms. The zero-order chi connectivity index (χ0) is 28.1. The standard InChI is InChI=1S/C31H45N7O2/c1-23(2)38-17-10-26(34-38)27(22-28(39)32-12-18-35-13-5-6-14-35)36-15-8-16-37(20-19-36)30-29-25(9-7-11-33-29)21-24(3)31(30)40-4/h7,9-11,17,21,23,27H,5-6,8,12-16,18-20,22H2,1-4H3,(H,32,39)/t27-/m0/s1. The number of likely N-dealkylation sites (tertiary alicyclic amines) is 1. The highest BCUT2D eigenvalue weighted by Gasteiger charge is 2.29. The van der Waals surface area contributed by atoms with Crippen LogP contribution < -0.4 is 15.0 Å². The van der Waals surface area contributed by atoms with Gasteiger partial charge in [0.15, 0.2) is 0 Å². The van der Waals surface area contributed by atoms with E-state index in [4.69, 9.17) is 14.8 Å². The highest BCUT2D eigenvalue weighted by atomic mass is 16.5. The summed E-state index contributed by atoms with van der Waals surface area (Å²) >= 11 is 0. The normalized spacial score (nSPS) is 17.9. The summed E-state index contributed by atoms with van der Waals surface area (Å²) in [6, 6.07) is 8.55. The van der Waals surface area contributed by atoms with E-state index in [1.54, 1.807) is 7.11 Å². The number of amides is 1. The van der Waals surface area contributed by atoms with Crippen molar-refractivity contribution in [3.05, 3.63) is 47.9 Å². The number of nitrogens with one attached hydrogen (secondary N) is 1. The number of anilines is 1. The van der Waals surface area contributed by atoms with Gasteiger partial charge in [-0.05, 0) is 76.9 Å². The molecular formula is C31H45N7O2. The first-order valence-corrected chi connectivity index (χ1v) is 14.9. The molecule has 1 N–H and O–H groups in total. The maximum absolute atomic E-state index is 13.2. The molecule has 0 unspecified atom stereocenters. The van der Waals surface area contributed by atoms with Crippen LogP contribution in [0.1, 0.15) is 62.9 Å². The van der Waals surface area contributed by atoms with Gasteiger partial charge in [0.05, 0.1) is 24.4 Å². The second-order valence-electron chi connectivity index (χ2n) is 11.5. The summed E-state index contributed by atoms with van der Waals surface area (Å²) in [7, 11) is 1.74. The lowest BCUT2D eigenvalue weighted by Gasteiger charge is -2.30. The number of aromatic nitrogens is 3. The van der Waals surface area contributed by atoms with Crippen LogP contribution in [0, 0.1) is 6.92 Å². The molecule has 0 saturated carbocycles. The molecule has 216 valence electrons. The first kappa shape index (κ1) is 28.4. The molecule has 1 atom stereocenters. The maximum Gasteiger partial charge on any atom is 0.222 e. The summed E-state index contributed by atoms with van der Waals surface area (Å²) in [5.74, 6) is 0.990. The van der Waals surface area contributed by atoms with E-state index in [1.807, 2.05) is 23.1 Å². The van der Waals surface area contributed by atoms with Crippen molar-refractivity contribution < 1.29 is 9.53 Å². The number of nitrogens with zero attached hydrogens (tertiary/aromatic N) is 6. The summed E-state index contributed by atoms with van der Waals surface area (Å²) in [6.07, 6.45) is 7.81. The molecule has 3 aromatic rings. The van der Waals surface area contributed by atoms with Gasteiger partial charge in [0.1, 0.15) is 11.4 Å². The molecule has 2 saturated heterocycles. The van der Waals surface area contributed by atoms with Crippen molar-refractivity contribution in [2.45, 2.75) is 58.5 Å². The molecule has 2 fully saturated rings. The van der Waals surface area contributed by atoms with Crippen LogP contribution in [0.2, 0.25) is 0 Å². The zero-order valence-electron chi connectivity index (χ0n) is 24.6. The number of methoxy groups -OCH3 is 1. The van der Waals surface area contributed by atoms with Gasteiger partial charge in [-0.1, -0.05) is 6.07 Å². The van der Waals surface area contributed by atoms with Gasteiger partial charge in [0.2, 0.25) is 5.91 Å². The van der Waals surface area contributed by atoms with E-state index in [0.29, 0.717) is 13.0 Å². The van der Waals surface area contributed by atoms with E-state index >= 15 is 0 Å². The third kappa shape index (κ3) is 6.41. The lowest BCUT2D eigenvalue weighted by atomic mass is 10.1. The molecule has 0 radical (unpaired) electrons. The number of hydrogen-bond acceptors (Lipinski definition) is 7. The highest BCUT2D eigenvalue weighted by molar-refractivity contribution is 5.95. The Morgan fingerprint density at radius 1 is 1.07 bits per heavy atom. The van der Waals surface area contributed by atoms with Crippen LogP contribution in [0.3, 0.4) is 0 Å². The molecule has 2 aliphatic heterocycles. The Kier molecular flexibility index (Phi) is 9.22. The number of carbonyl (C=O) groups is 1.